The number of hydrogen-bond acceptors (Lipinski definition) is 7. The molecule has 2 fully saturated rings. The zero-order chi connectivity index (χ0) is 22.1. The topological polar surface area (TPSA) is 67.2 Å². The fraction of sp³-hybridized carbons (Fsp3) is 0.455. The summed E-state index contributed by atoms with van der Waals surface area (Å²) in [6.45, 7) is 6.88. The van der Waals surface area contributed by atoms with Gasteiger partial charge in [-0.15, -0.1) is 0 Å². The number of thiocarbonyl (C=S) groups is 1. The number of ether oxygens (including phenoxy) is 1. The van der Waals surface area contributed by atoms with Crippen molar-refractivity contribution < 1.29 is 9.53 Å². The summed E-state index contributed by atoms with van der Waals surface area (Å²) in [5.74, 6) is 1.44. The van der Waals surface area contributed by atoms with E-state index in [1.54, 1.807) is 25.4 Å². The number of fused-ring (bicyclic) bond motifs is 1. The molecule has 0 bridgehead atoms. The van der Waals surface area contributed by atoms with Gasteiger partial charge in [0.05, 0.1) is 23.6 Å². The maximum Gasteiger partial charge on any atom is 0.267 e. The number of nitrogens with zero attached hydrogens (tertiary/aromatic N) is 4. The van der Waals surface area contributed by atoms with Crippen molar-refractivity contribution in [1.29, 1.82) is 0 Å². The Labute approximate surface area is 191 Å². The third-order valence-corrected chi connectivity index (χ3v) is 6.96. The van der Waals surface area contributed by atoms with E-state index in [1.165, 1.54) is 21.1 Å². The van der Waals surface area contributed by atoms with Crippen LogP contribution < -0.4 is 10.5 Å². The Bertz CT molecular complexity index is 1100. The predicted molar refractivity (Wildman–Crippen MR) is 128 cm³/mol. The summed E-state index contributed by atoms with van der Waals surface area (Å²) in [6.07, 6.45) is 4.52. The highest BCUT2D eigenvalue weighted by Gasteiger charge is 2.33. The van der Waals surface area contributed by atoms with E-state index in [2.05, 4.69) is 18.7 Å². The molecule has 0 N–H and O–H groups in total. The van der Waals surface area contributed by atoms with Gasteiger partial charge in [-0.25, -0.2) is 4.98 Å². The van der Waals surface area contributed by atoms with E-state index in [0.717, 1.165) is 19.5 Å². The highest BCUT2D eigenvalue weighted by molar-refractivity contribution is 8.26. The maximum absolute atomic E-state index is 13.4. The lowest BCUT2D eigenvalue weighted by molar-refractivity contribution is -0.122. The summed E-state index contributed by atoms with van der Waals surface area (Å²) >= 11 is 6.60. The number of piperidine rings is 1. The first-order valence-corrected chi connectivity index (χ1v) is 11.6. The van der Waals surface area contributed by atoms with Crippen LogP contribution in [0.25, 0.3) is 11.7 Å². The second-order valence-electron chi connectivity index (χ2n) is 8.26. The van der Waals surface area contributed by atoms with Crippen LogP contribution in [0.1, 0.15) is 25.8 Å². The van der Waals surface area contributed by atoms with Gasteiger partial charge in [-0.3, -0.25) is 18.9 Å². The molecule has 2 aromatic rings. The van der Waals surface area contributed by atoms with Crippen LogP contribution in [-0.4, -0.2) is 57.9 Å². The second kappa shape index (κ2) is 9.10. The van der Waals surface area contributed by atoms with Gasteiger partial charge in [-0.05, 0) is 36.5 Å². The molecular weight excluding hydrogens is 432 g/mol. The number of carbonyl (C=O) groups is 1. The minimum absolute atomic E-state index is 0.186. The van der Waals surface area contributed by atoms with Gasteiger partial charge in [0, 0.05) is 26.4 Å². The molecule has 2 aromatic heterocycles. The maximum atomic E-state index is 13.4. The minimum atomic E-state index is -0.198. The van der Waals surface area contributed by atoms with Crippen molar-refractivity contribution in [2.24, 2.45) is 11.8 Å². The van der Waals surface area contributed by atoms with Crippen LogP contribution in [-0.2, 0) is 9.53 Å². The highest BCUT2D eigenvalue weighted by Crippen LogP contribution is 2.34. The third kappa shape index (κ3) is 4.40. The lowest BCUT2D eigenvalue weighted by Crippen LogP contribution is -2.40. The monoisotopic (exact) mass is 458 g/mol. The average molecular weight is 459 g/mol. The molecule has 9 heteroatoms. The summed E-state index contributed by atoms with van der Waals surface area (Å²) in [4.78, 5) is 35.4. The van der Waals surface area contributed by atoms with Gasteiger partial charge in [0.15, 0.2) is 0 Å². The molecule has 7 nitrogen and oxygen atoms in total. The Morgan fingerprint density at radius 2 is 2.00 bits per heavy atom. The molecule has 0 saturated carbocycles. The first-order valence-electron chi connectivity index (χ1n) is 10.4. The molecule has 0 aromatic carbocycles. The Morgan fingerprint density at radius 3 is 2.71 bits per heavy atom. The molecule has 2 aliphatic rings. The molecule has 0 aliphatic carbocycles. The third-order valence-electron chi connectivity index (χ3n) is 5.59. The summed E-state index contributed by atoms with van der Waals surface area (Å²) in [5, 5.41) is 0. The summed E-state index contributed by atoms with van der Waals surface area (Å²) in [6, 6.07) is 5.50. The largest absolute Gasteiger partial charge is 0.383 e. The van der Waals surface area contributed by atoms with Crippen molar-refractivity contribution in [3.05, 3.63) is 45.2 Å². The number of rotatable bonds is 5. The van der Waals surface area contributed by atoms with Gasteiger partial charge in [0.2, 0.25) is 0 Å². The van der Waals surface area contributed by atoms with Crippen molar-refractivity contribution in [3.8, 4) is 0 Å². The van der Waals surface area contributed by atoms with E-state index in [-0.39, 0.29) is 11.5 Å². The normalized spacial score (nSPS) is 23.4. The molecule has 0 radical (unpaired) electrons. The number of aromatic nitrogens is 2. The van der Waals surface area contributed by atoms with Gasteiger partial charge < -0.3 is 9.64 Å². The number of pyridine rings is 1. The lowest BCUT2D eigenvalue weighted by atomic mass is 9.91. The van der Waals surface area contributed by atoms with Crippen LogP contribution in [0.4, 0.5) is 5.82 Å². The fourth-order valence-corrected chi connectivity index (χ4v) is 5.59. The van der Waals surface area contributed by atoms with E-state index >= 15 is 0 Å². The Balaban J connectivity index is 1.82. The first kappa shape index (κ1) is 22.0. The van der Waals surface area contributed by atoms with E-state index < -0.39 is 0 Å². The summed E-state index contributed by atoms with van der Waals surface area (Å²) in [7, 11) is 1.59. The van der Waals surface area contributed by atoms with Gasteiger partial charge in [0.25, 0.3) is 11.5 Å². The number of hydrogen-bond donors (Lipinski definition) is 0. The van der Waals surface area contributed by atoms with E-state index in [9.17, 15) is 9.59 Å². The van der Waals surface area contributed by atoms with Crippen LogP contribution in [0, 0.1) is 11.8 Å². The number of methoxy groups -OCH3 is 1. The smallest absolute Gasteiger partial charge is 0.267 e. The van der Waals surface area contributed by atoms with Gasteiger partial charge in [0.1, 0.15) is 15.8 Å². The Hall–Kier alpha value is -2.23. The van der Waals surface area contributed by atoms with Crippen LogP contribution in [0.15, 0.2) is 34.1 Å². The van der Waals surface area contributed by atoms with Crippen LogP contribution >= 0.6 is 24.0 Å². The molecule has 2 saturated heterocycles. The second-order valence-corrected chi connectivity index (χ2v) is 9.94. The number of carbonyl (C=O) groups excluding carboxylic acids is 1. The SMILES string of the molecule is COCCN1C(=O)/C(=C/c2c(N3C[C@@H](C)C[C@H](C)C3)nc3ccccn3c2=O)SC1=S. The Kier molecular flexibility index (Phi) is 6.45. The molecule has 0 unspecified atom stereocenters. The fourth-order valence-electron chi connectivity index (χ4n) is 4.30. The zero-order valence-corrected chi connectivity index (χ0v) is 19.5. The van der Waals surface area contributed by atoms with Crippen molar-refractivity contribution in [3.63, 3.8) is 0 Å². The zero-order valence-electron chi connectivity index (χ0n) is 17.9. The summed E-state index contributed by atoms with van der Waals surface area (Å²) < 4.78 is 7.09. The number of amides is 1. The minimum Gasteiger partial charge on any atom is -0.383 e. The van der Waals surface area contributed by atoms with Gasteiger partial charge >= 0.3 is 0 Å². The molecule has 0 spiro atoms. The van der Waals surface area contributed by atoms with E-state index in [4.69, 9.17) is 21.9 Å². The summed E-state index contributed by atoms with van der Waals surface area (Å²) in [5.41, 5.74) is 0.837. The lowest BCUT2D eigenvalue weighted by Gasteiger charge is -2.36. The van der Waals surface area contributed by atoms with Crippen molar-refractivity contribution in [2.75, 3.05) is 38.3 Å². The molecule has 164 valence electrons. The van der Waals surface area contributed by atoms with Crippen LogP contribution in [0.5, 0.6) is 0 Å². The molecule has 4 heterocycles. The number of thioether (sulfide) groups is 1. The first-order chi connectivity index (χ1) is 14.9. The molecular formula is C22H26N4O3S2. The molecule has 2 atom stereocenters. The van der Waals surface area contributed by atoms with Crippen molar-refractivity contribution in [2.45, 2.75) is 20.3 Å². The van der Waals surface area contributed by atoms with Crippen LogP contribution in [0.2, 0.25) is 0 Å². The van der Waals surface area contributed by atoms with E-state index in [0.29, 0.717) is 51.2 Å². The average Bonchev–Trinajstić information content (AvgIpc) is 3.00. The molecule has 2 aliphatic heterocycles. The molecule has 1 amide bonds. The molecule has 31 heavy (non-hydrogen) atoms. The quantitative estimate of drug-likeness (QED) is 0.504. The van der Waals surface area contributed by atoms with Crippen molar-refractivity contribution >= 4 is 51.7 Å². The van der Waals surface area contributed by atoms with E-state index in [1.807, 2.05) is 12.1 Å². The van der Waals surface area contributed by atoms with Crippen molar-refractivity contribution in [1.82, 2.24) is 14.3 Å². The van der Waals surface area contributed by atoms with Gasteiger partial charge in [-0.1, -0.05) is 43.9 Å². The van der Waals surface area contributed by atoms with Crippen LogP contribution in [0.3, 0.4) is 0 Å². The van der Waals surface area contributed by atoms with Gasteiger partial charge in [-0.2, -0.15) is 0 Å². The standard InChI is InChI=1S/C22H26N4O3S2/c1-14-10-15(2)13-24(12-14)19-16(20(27)25-7-5-4-6-18(25)23-19)11-17-21(28)26(8-9-29-3)22(30)31-17/h4-7,11,14-15H,8-10,12-13H2,1-3H3/b17-11-/t14-,15-/m0/s1. The molecule has 4 rings (SSSR count). The number of anilines is 1. The predicted octanol–water partition coefficient (Wildman–Crippen LogP) is 3.02. The Morgan fingerprint density at radius 1 is 1.26 bits per heavy atom. The highest BCUT2D eigenvalue weighted by atomic mass is 32.2.